The molecular formula is C30H33N7O4. The molecule has 5 heterocycles. The molecule has 2 N–H and O–H groups in total. The Balaban J connectivity index is 1.27. The number of ether oxygens (including phenoxy) is 3. The number of aliphatic hydroxyl groups is 1. The Morgan fingerprint density at radius 2 is 1.98 bits per heavy atom. The summed E-state index contributed by atoms with van der Waals surface area (Å²) in [5.74, 6) is 0.403. The van der Waals surface area contributed by atoms with Gasteiger partial charge in [0.15, 0.2) is 5.79 Å². The van der Waals surface area contributed by atoms with Gasteiger partial charge in [-0.05, 0) is 57.4 Å². The summed E-state index contributed by atoms with van der Waals surface area (Å²) in [7, 11) is 0. The van der Waals surface area contributed by atoms with Crippen molar-refractivity contribution in [2.24, 2.45) is 5.92 Å². The van der Waals surface area contributed by atoms with Gasteiger partial charge in [-0.2, -0.15) is 15.3 Å². The van der Waals surface area contributed by atoms with E-state index in [1.165, 1.54) is 0 Å². The quantitative estimate of drug-likeness (QED) is 0.364. The van der Waals surface area contributed by atoms with Crippen molar-refractivity contribution in [3.05, 3.63) is 54.6 Å². The van der Waals surface area contributed by atoms with Crippen molar-refractivity contribution in [1.82, 2.24) is 24.3 Å². The highest BCUT2D eigenvalue weighted by atomic mass is 16.8. The number of rotatable bonds is 6. The minimum Gasteiger partial charge on any atom is -0.396 e. The Kier molecular flexibility index (Phi) is 6.51. The van der Waals surface area contributed by atoms with Gasteiger partial charge in [0.05, 0.1) is 41.5 Å². The zero-order valence-corrected chi connectivity index (χ0v) is 23.1. The van der Waals surface area contributed by atoms with Crippen molar-refractivity contribution in [2.45, 2.75) is 63.2 Å². The lowest BCUT2D eigenvalue weighted by Crippen LogP contribution is -2.35. The van der Waals surface area contributed by atoms with E-state index in [4.69, 9.17) is 24.2 Å². The van der Waals surface area contributed by atoms with E-state index >= 15 is 0 Å². The van der Waals surface area contributed by atoms with Gasteiger partial charge in [0, 0.05) is 60.8 Å². The predicted octanol–water partition coefficient (Wildman–Crippen LogP) is 3.82. The van der Waals surface area contributed by atoms with Gasteiger partial charge >= 0.3 is 0 Å². The molecule has 1 saturated carbocycles. The van der Waals surface area contributed by atoms with E-state index in [1.54, 1.807) is 6.07 Å². The van der Waals surface area contributed by atoms with Gasteiger partial charge in [-0.15, -0.1) is 0 Å². The van der Waals surface area contributed by atoms with Crippen molar-refractivity contribution in [3.63, 3.8) is 0 Å². The lowest BCUT2D eigenvalue weighted by molar-refractivity contribution is -0.158. The summed E-state index contributed by atoms with van der Waals surface area (Å²) < 4.78 is 22.0. The van der Waals surface area contributed by atoms with E-state index in [2.05, 4.69) is 22.7 Å². The Hall–Kier alpha value is -3.82. The standard InChI is InChI=1S/C30H33N7O4/c1-30(2)40-26-20(17-38)12-24(27(26)41-30)34-28-23(21-14-33-37(16-21)22-6-9-39-10-7-22)15-32-29(35-28)36-8-5-19-11-18(13-31)3-4-25(19)36/h3-5,8,11,14-16,20,22,24,26-27,38H,6-7,9-10,12,17H2,1-2H3,(H,32,34,35)/t20-,24-,26-,27+/m1/s1. The third kappa shape index (κ3) is 4.77. The topological polar surface area (TPSA) is 132 Å². The van der Waals surface area contributed by atoms with E-state index in [0.29, 0.717) is 29.8 Å². The molecular weight excluding hydrogens is 522 g/mol. The zero-order valence-electron chi connectivity index (χ0n) is 23.1. The molecule has 7 rings (SSSR count). The molecule has 0 amide bonds. The summed E-state index contributed by atoms with van der Waals surface area (Å²) in [5.41, 5.74) is 3.26. The third-order valence-corrected chi connectivity index (χ3v) is 8.43. The number of nitrogens with zero attached hydrogens (tertiary/aromatic N) is 6. The predicted molar refractivity (Wildman–Crippen MR) is 150 cm³/mol. The molecule has 3 aliphatic rings. The Morgan fingerprint density at radius 3 is 2.78 bits per heavy atom. The van der Waals surface area contributed by atoms with E-state index in [9.17, 15) is 10.4 Å². The first kappa shape index (κ1) is 26.1. The summed E-state index contributed by atoms with van der Waals surface area (Å²) in [6, 6.07) is 9.89. The van der Waals surface area contributed by atoms with Crippen LogP contribution in [0.25, 0.3) is 28.0 Å². The minimum atomic E-state index is -0.722. The average molecular weight is 556 g/mol. The largest absolute Gasteiger partial charge is 0.396 e. The van der Waals surface area contributed by atoms with Gasteiger partial charge in [0.2, 0.25) is 5.95 Å². The molecule has 2 saturated heterocycles. The molecule has 4 aromatic rings. The van der Waals surface area contributed by atoms with Crippen molar-refractivity contribution >= 4 is 16.7 Å². The van der Waals surface area contributed by atoms with Crippen LogP contribution in [0.1, 0.15) is 44.7 Å². The molecule has 0 radical (unpaired) electrons. The van der Waals surface area contributed by atoms with Crippen molar-refractivity contribution in [1.29, 1.82) is 5.26 Å². The number of benzene rings is 1. The normalized spacial score (nSPS) is 25.8. The highest BCUT2D eigenvalue weighted by molar-refractivity contribution is 5.83. The minimum absolute atomic E-state index is 0.0264. The van der Waals surface area contributed by atoms with Gasteiger partial charge in [-0.25, -0.2) is 4.98 Å². The van der Waals surface area contributed by atoms with Gasteiger partial charge < -0.3 is 24.6 Å². The van der Waals surface area contributed by atoms with Crippen LogP contribution in [-0.2, 0) is 14.2 Å². The van der Waals surface area contributed by atoms with Crippen LogP contribution < -0.4 is 5.32 Å². The molecule has 41 heavy (non-hydrogen) atoms. The van der Waals surface area contributed by atoms with E-state index in [1.807, 2.05) is 59.9 Å². The van der Waals surface area contributed by atoms with Gasteiger partial charge in [0.1, 0.15) is 11.9 Å². The van der Waals surface area contributed by atoms with Crippen LogP contribution in [0.5, 0.6) is 0 Å². The van der Waals surface area contributed by atoms with Gasteiger partial charge in [-0.1, -0.05) is 0 Å². The lowest BCUT2D eigenvalue weighted by atomic mass is 10.1. The van der Waals surface area contributed by atoms with Crippen LogP contribution in [0.3, 0.4) is 0 Å². The molecule has 1 aromatic carbocycles. The van der Waals surface area contributed by atoms with E-state index < -0.39 is 5.79 Å². The Bertz CT molecular complexity index is 1620. The number of nitriles is 1. The van der Waals surface area contributed by atoms with Crippen molar-refractivity contribution in [3.8, 4) is 23.1 Å². The van der Waals surface area contributed by atoms with Crippen LogP contribution in [-0.4, -0.2) is 73.3 Å². The summed E-state index contributed by atoms with van der Waals surface area (Å²) >= 11 is 0. The molecule has 4 atom stereocenters. The van der Waals surface area contributed by atoms with E-state index in [0.717, 1.165) is 48.1 Å². The first-order valence-electron chi connectivity index (χ1n) is 14.2. The number of anilines is 1. The average Bonchev–Trinajstić information content (AvgIpc) is 3.76. The zero-order chi connectivity index (χ0) is 28.1. The maximum absolute atomic E-state index is 10.1. The van der Waals surface area contributed by atoms with Crippen molar-refractivity contribution in [2.75, 3.05) is 25.1 Å². The van der Waals surface area contributed by atoms with Crippen LogP contribution >= 0.6 is 0 Å². The molecule has 11 nitrogen and oxygen atoms in total. The second kappa shape index (κ2) is 10.2. The summed E-state index contributed by atoms with van der Waals surface area (Å²) in [6.45, 7) is 5.31. The first-order chi connectivity index (χ1) is 19.9. The van der Waals surface area contributed by atoms with Crippen LogP contribution in [0.15, 0.2) is 49.1 Å². The summed E-state index contributed by atoms with van der Waals surface area (Å²) in [5, 5.41) is 28.7. The molecule has 1 aliphatic carbocycles. The molecule has 0 unspecified atom stereocenters. The van der Waals surface area contributed by atoms with E-state index in [-0.39, 0.29) is 30.8 Å². The Labute approximate surface area is 237 Å². The van der Waals surface area contributed by atoms with Crippen molar-refractivity contribution < 1.29 is 19.3 Å². The molecule has 0 bridgehead atoms. The second-order valence-electron chi connectivity index (χ2n) is 11.5. The summed E-state index contributed by atoms with van der Waals surface area (Å²) in [6.07, 6.45) is 9.78. The molecule has 0 spiro atoms. The van der Waals surface area contributed by atoms with Crippen LogP contribution in [0.2, 0.25) is 0 Å². The fourth-order valence-electron chi connectivity index (χ4n) is 6.41. The molecule has 11 heteroatoms. The second-order valence-corrected chi connectivity index (χ2v) is 11.5. The maximum Gasteiger partial charge on any atom is 0.236 e. The fraction of sp³-hybridized carbons (Fsp3) is 0.467. The number of aliphatic hydroxyl groups excluding tert-OH is 1. The molecule has 3 aromatic heterocycles. The molecule has 2 aliphatic heterocycles. The third-order valence-electron chi connectivity index (χ3n) is 8.43. The van der Waals surface area contributed by atoms with Gasteiger partial charge in [-0.3, -0.25) is 9.25 Å². The number of hydrogen-bond acceptors (Lipinski definition) is 9. The number of aromatic nitrogens is 5. The van der Waals surface area contributed by atoms with Crippen LogP contribution in [0.4, 0.5) is 5.82 Å². The Morgan fingerprint density at radius 1 is 1.15 bits per heavy atom. The SMILES string of the molecule is CC1(C)O[C@@H]2[C@@H](CO)C[C@@H](Nc3nc(-n4ccc5cc(C#N)ccc54)ncc3-c3cnn(C4CCOCC4)c3)[C@@H]2O1. The number of fused-ring (bicyclic) bond motifs is 2. The smallest absolute Gasteiger partial charge is 0.236 e. The highest BCUT2D eigenvalue weighted by Gasteiger charge is 2.54. The highest BCUT2D eigenvalue weighted by Crippen LogP contribution is 2.43. The maximum atomic E-state index is 10.1. The van der Waals surface area contributed by atoms with Gasteiger partial charge in [0.25, 0.3) is 0 Å². The molecule has 212 valence electrons. The molecule has 3 fully saturated rings. The summed E-state index contributed by atoms with van der Waals surface area (Å²) in [4.78, 5) is 9.79. The van der Waals surface area contributed by atoms with Crippen LogP contribution in [0, 0.1) is 17.2 Å². The number of hydrogen-bond donors (Lipinski definition) is 2. The lowest BCUT2D eigenvalue weighted by Gasteiger charge is -2.24. The fourth-order valence-corrected chi connectivity index (χ4v) is 6.41. The first-order valence-corrected chi connectivity index (χ1v) is 14.2. The monoisotopic (exact) mass is 555 g/mol. The number of nitrogens with one attached hydrogen (secondary N) is 1.